The van der Waals surface area contributed by atoms with E-state index in [9.17, 15) is 23.3 Å². The lowest BCUT2D eigenvalue weighted by Gasteiger charge is -2.34. The largest absolute Gasteiger partial charge is 0.352 e. The van der Waals surface area contributed by atoms with Gasteiger partial charge in [0.1, 0.15) is 0 Å². The van der Waals surface area contributed by atoms with Crippen LogP contribution in [0.3, 0.4) is 0 Å². The van der Waals surface area contributed by atoms with Gasteiger partial charge in [-0.3, -0.25) is 19.8 Å². The van der Waals surface area contributed by atoms with Gasteiger partial charge in [-0.25, -0.2) is 8.42 Å². The molecule has 0 spiro atoms. The van der Waals surface area contributed by atoms with Crippen molar-refractivity contribution in [1.29, 1.82) is 0 Å². The molecule has 0 atom stereocenters. The van der Waals surface area contributed by atoms with E-state index in [0.29, 0.717) is 13.1 Å². The van der Waals surface area contributed by atoms with Gasteiger partial charge < -0.3 is 5.32 Å². The number of hydrogen-bond acceptors (Lipinski definition) is 6. The average Bonchev–Trinajstić information content (AvgIpc) is 2.69. The summed E-state index contributed by atoms with van der Waals surface area (Å²) in [6.07, 6.45) is 5.56. The van der Waals surface area contributed by atoms with Crippen LogP contribution in [0, 0.1) is 10.1 Å². The first kappa shape index (κ1) is 20.7. The first-order chi connectivity index (χ1) is 13.4. The highest BCUT2D eigenvalue weighted by molar-refractivity contribution is 7.89. The Kier molecular flexibility index (Phi) is 6.63. The number of carbonyl (C=O) groups excluding carboxylic acids is 1. The molecule has 3 rings (SSSR count). The van der Waals surface area contributed by atoms with Gasteiger partial charge in [-0.15, -0.1) is 0 Å². The molecule has 1 saturated carbocycles. The van der Waals surface area contributed by atoms with Gasteiger partial charge in [0.05, 0.1) is 11.5 Å². The van der Waals surface area contributed by atoms with Crippen molar-refractivity contribution in [1.82, 2.24) is 14.5 Å². The number of hydrogen-bond donors (Lipinski definition) is 1. The summed E-state index contributed by atoms with van der Waals surface area (Å²) in [6.45, 7) is 1.47. The van der Waals surface area contributed by atoms with Crippen molar-refractivity contribution in [2.75, 3.05) is 32.7 Å². The molecule has 1 aliphatic carbocycles. The maximum absolute atomic E-state index is 12.8. The molecule has 1 amide bonds. The maximum Gasteiger partial charge on any atom is 0.289 e. The van der Waals surface area contributed by atoms with Crippen molar-refractivity contribution in [2.45, 2.75) is 43.0 Å². The molecule has 1 aromatic carbocycles. The number of benzene rings is 1. The van der Waals surface area contributed by atoms with Crippen LogP contribution in [0.2, 0.25) is 0 Å². The third-order valence-corrected chi connectivity index (χ3v) is 7.29. The quantitative estimate of drug-likeness (QED) is 0.559. The van der Waals surface area contributed by atoms with Gasteiger partial charge >= 0.3 is 0 Å². The molecule has 0 bridgehead atoms. The molecule has 2 aliphatic rings. The summed E-state index contributed by atoms with van der Waals surface area (Å²) in [5.41, 5.74) is -0.420. The average molecular weight is 410 g/mol. The Morgan fingerprint density at radius 3 is 2.39 bits per heavy atom. The molecule has 10 heteroatoms. The number of piperazine rings is 1. The lowest BCUT2D eigenvalue weighted by molar-refractivity contribution is -0.387. The standard InChI is InChI=1S/C18H26N4O5S/c23-18(19-15-6-2-1-3-7-15)14-20-10-12-21(13-11-20)28(26,27)17-9-5-4-8-16(17)22(24)25/h4-5,8-9,15H,1-3,6-7,10-14H2,(H,19,23). The Balaban J connectivity index is 1.56. The molecule has 9 nitrogen and oxygen atoms in total. The molecule has 0 radical (unpaired) electrons. The van der Waals surface area contributed by atoms with E-state index in [1.807, 2.05) is 4.90 Å². The molecule has 1 aromatic rings. The maximum atomic E-state index is 12.8. The number of amides is 1. The van der Waals surface area contributed by atoms with Crippen molar-refractivity contribution in [3.05, 3.63) is 34.4 Å². The molecule has 154 valence electrons. The van der Waals surface area contributed by atoms with E-state index in [2.05, 4.69) is 5.32 Å². The predicted octanol–water partition coefficient (Wildman–Crippen LogP) is 1.35. The second-order valence-corrected chi connectivity index (χ2v) is 9.21. The number of nitrogens with zero attached hydrogens (tertiary/aromatic N) is 3. The second-order valence-electron chi connectivity index (χ2n) is 7.31. The Bertz CT molecular complexity index is 815. The van der Waals surface area contributed by atoms with Crippen LogP contribution in [0.15, 0.2) is 29.2 Å². The van der Waals surface area contributed by atoms with Crippen LogP contribution in [0.1, 0.15) is 32.1 Å². The molecule has 0 aromatic heterocycles. The van der Waals surface area contributed by atoms with Crippen LogP contribution < -0.4 is 5.32 Å². The van der Waals surface area contributed by atoms with Crippen LogP contribution in [0.5, 0.6) is 0 Å². The summed E-state index contributed by atoms with van der Waals surface area (Å²) in [4.78, 5) is 24.3. The van der Waals surface area contributed by atoms with Crippen LogP contribution in [0.4, 0.5) is 5.69 Å². The van der Waals surface area contributed by atoms with E-state index >= 15 is 0 Å². The zero-order valence-electron chi connectivity index (χ0n) is 15.7. The van der Waals surface area contributed by atoms with Crippen LogP contribution in [-0.2, 0) is 14.8 Å². The molecule has 1 N–H and O–H groups in total. The zero-order valence-corrected chi connectivity index (χ0v) is 16.6. The Morgan fingerprint density at radius 2 is 1.75 bits per heavy atom. The minimum Gasteiger partial charge on any atom is -0.352 e. The number of nitro groups is 1. The molecule has 1 saturated heterocycles. The lowest BCUT2D eigenvalue weighted by Crippen LogP contribution is -2.52. The molecule has 0 unspecified atom stereocenters. The van der Waals surface area contributed by atoms with Gasteiger partial charge in [0.15, 0.2) is 4.90 Å². The summed E-state index contributed by atoms with van der Waals surface area (Å²) in [7, 11) is -3.95. The highest BCUT2D eigenvalue weighted by atomic mass is 32.2. The van der Waals surface area contributed by atoms with Gasteiger partial charge in [0, 0.05) is 38.3 Å². The summed E-state index contributed by atoms with van der Waals surface area (Å²) in [5.74, 6) is -0.0260. The fourth-order valence-corrected chi connectivity index (χ4v) is 5.40. The van der Waals surface area contributed by atoms with Gasteiger partial charge in [-0.05, 0) is 18.9 Å². The third kappa shape index (κ3) is 4.86. The number of carbonyl (C=O) groups is 1. The molecule has 1 heterocycles. The topological polar surface area (TPSA) is 113 Å². The van der Waals surface area contributed by atoms with Crippen LogP contribution in [-0.4, -0.2) is 67.2 Å². The van der Waals surface area contributed by atoms with Crippen molar-refractivity contribution in [3.8, 4) is 0 Å². The van der Waals surface area contributed by atoms with Gasteiger partial charge in [-0.1, -0.05) is 31.4 Å². The number of nitro benzene ring substituents is 1. The van der Waals surface area contributed by atoms with E-state index in [0.717, 1.165) is 25.7 Å². The minimum atomic E-state index is -3.95. The first-order valence-electron chi connectivity index (χ1n) is 9.63. The van der Waals surface area contributed by atoms with Crippen LogP contribution in [0.25, 0.3) is 0 Å². The van der Waals surface area contributed by atoms with E-state index in [-0.39, 0.29) is 36.5 Å². The van der Waals surface area contributed by atoms with Crippen LogP contribution >= 0.6 is 0 Å². The third-order valence-electron chi connectivity index (χ3n) is 5.35. The Hall–Kier alpha value is -2.04. The Labute approximate surface area is 164 Å². The fraction of sp³-hybridized carbons (Fsp3) is 0.611. The fourth-order valence-electron chi connectivity index (χ4n) is 3.82. The van der Waals surface area contributed by atoms with E-state index in [1.54, 1.807) is 0 Å². The normalized spacial score (nSPS) is 20.0. The highest BCUT2D eigenvalue weighted by Gasteiger charge is 2.33. The highest BCUT2D eigenvalue weighted by Crippen LogP contribution is 2.26. The molecular formula is C18H26N4O5S. The first-order valence-corrected chi connectivity index (χ1v) is 11.1. The number of sulfonamides is 1. The molecule has 28 heavy (non-hydrogen) atoms. The van der Waals surface area contributed by atoms with Gasteiger partial charge in [0.2, 0.25) is 15.9 Å². The summed E-state index contributed by atoms with van der Waals surface area (Å²) < 4.78 is 26.9. The van der Waals surface area contributed by atoms with E-state index in [4.69, 9.17) is 0 Å². The molecule has 1 aliphatic heterocycles. The Morgan fingerprint density at radius 1 is 1.11 bits per heavy atom. The predicted molar refractivity (Wildman–Crippen MR) is 103 cm³/mol. The zero-order chi connectivity index (χ0) is 20.1. The van der Waals surface area contributed by atoms with E-state index in [1.165, 1.54) is 35.0 Å². The van der Waals surface area contributed by atoms with Crippen molar-refractivity contribution in [3.63, 3.8) is 0 Å². The van der Waals surface area contributed by atoms with E-state index < -0.39 is 20.6 Å². The van der Waals surface area contributed by atoms with Gasteiger partial charge in [-0.2, -0.15) is 4.31 Å². The summed E-state index contributed by atoms with van der Waals surface area (Å²) in [5, 5.41) is 14.2. The second kappa shape index (κ2) is 8.97. The minimum absolute atomic E-state index is 0.0260. The summed E-state index contributed by atoms with van der Waals surface area (Å²) >= 11 is 0. The van der Waals surface area contributed by atoms with Gasteiger partial charge in [0.25, 0.3) is 5.69 Å². The molecule has 2 fully saturated rings. The lowest BCUT2D eigenvalue weighted by atomic mass is 9.95. The van der Waals surface area contributed by atoms with Crippen molar-refractivity contribution in [2.24, 2.45) is 0 Å². The van der Waals surface area contributed by atoms with Crippen molar-refractivity contribution < 1.29 is 18.1 Å². The molecular weight excluding hydrogens is 384 g/mol. The number of nitrogens with one attached hydrogen (secondary N) is 1. The number of rotatable bonds is 6. The smallest absolute Gasteiger partial charge is 0.289 e. The van der Waals surface area contributed by atoms with Crippen molar-refractivity contribution >= 4 is 21.6 Å². The monoisotopic (exact) mass is 410 g/mol. The SMILES string of the molecule is O=C(CN1CCN(S(=O)(=O)c2ccccc2[N+](=O)[O-])CC1)NC1CCCCC1. The number of para-hydroxylation sites is 1. The summed E-state index contributed by atoms with van der Waals surface area (Å²) in [6, 6.07) is 5.63.